The molecule has 6 heteroatoms. The Labute approximate surface area is 101 Å². The molecular formula is C4H5KN2O3. The molecule has 1 heterocycles. The van der Waals surface area contributed by atoms with Gasteiger partial charge in [0.1, 0.15) is 0 Å². The minimum Gasteiger partial charge on any atom is -1.00 e. The fraction of sp³-hybridized carbons (Fsp3) is 0.250. The molecule has 0 saturated heterocycles. The van der Waals surface area contributed by atoms with Crippen LogP contribution in [-0.4, -0.2) is 21.3 Å². The van der Waals surface area contributed by atoms with Gasteiger partial charge >= 0.3 is 63.2 Å². The summed E-state index contributed by atoms with van der Waals surface area (Å²) in [6, 6.07) is 0. The molecular weight excluding hydrogens is 163 g/mol. The molecule has 0 amide bonds. The van der Waals surface area contributed by atoms with Crippen molar-refractivity contribution < 1.29 is 67.1 Å². The maximum Gasteiger partial charge on any atom is 1.00 e. The number of rotatable bonds is 1. The zero-order valence-corrected chi connectivity index (χ0v) is 8.78. The Morgan fingerprint density at radius 2 is 2.30 bits per heavy atom. The van der Waals surface area contributed by atoms with Gasteiger partial charge in [0.05, 0.1) is 0 Å². The molecule has 0 bridgehead atoms. The molecule has 10 heavy (non-hydrogen) atoms. The van der Waals surface area contributed by atoms with E-state index in [1.165, 1.54) is 6.92 Å². The van der Waals surface area contributed by atoms with Crippen molar-refractivity contribution >= 4 is 5.97 Å². The molecule has 0 aliphatic heterocycles. The minimum absolute atomic E-state index is 0. The monoisotopic (exact) mass is 168 g/mol. The third kappa shape index (κ3) is 2.47. The maximum absolute atomic E-state index is 10.0. The van der Waals surface area contributed by atoms with Gasteiger partial charge in [-0.2, -0.15) is 0 Å². The SMILES string of the molecule is Cc1nnc(C(=O)O)o1.[H-].[K+]. The van der Waals surface area contributed by atoms with Gasteiger partial charge in [0, 0.05) is 6.92 Å². The van der Waals surface area contributed by atoms with Crippen LogP contribution in [0.25, 0.3) is 0 Å². The van der Waals surface area contributed by atoms with Crippen molar-refractivity contribution in [2.24, 2.45) is 0 Å². The molecule has 0 fully saturated rings. The summed E-state index contributed by atoms with van der Waals surface area (Å²) in [6.45, 7) is 1.53. The van der Waals surface area contributed by atoms with Crippen molar-refractivity contribution in [1.29, 1.82) is 0 Å². The Bertz CT molecular complexity index is 239. The van der Waals surface area contributed by atoms with Gasteiger partial charge in [-0.25, -0.2) is 4.79 Å². The topological polar surface area (TPSA) is 76.2 Å². The molecule has 50 valence electrons. The number of carboxylic acid groups (broad SMARTS) is 1. The van der Waals surface area contributed by atoms with Crippen LogP contribution in [0, 0.1) is 6.92 Å². The van der Waals surface area contributed by atoms with Gasteiger partial charge in [-0.05, 0) is 0 Å². The fourth-order valence-corrected chi connectivity index (χ4v) is 0.383. The molecule has 1 N–H and O–H groups in total. The molecule has 0 aromatic carbocycles. The standard InChI is InChI=1S/C4H4N2O3.K.H/c1-2-5-6-3(9-2)4(7)8;;/h1H3,(H,7,8);;/q;+1;-1. The number of hydrogen-bond donors (Lipinski definition) is 1. The molecule has 1 rings (SSSR count). The van der Waals surface area contributed by atoms with Crippen molar-refractivity contribution in [3.8, 4) is 0 Å². The summed E-state index contributed by atoms with van der Waals surface area (Å²) in [6.07, 6.45) is 0. The Morgan fingerprint density at radius 3 is 2.50 bits per heavy atom. The van der Waals surface area contributed by atoms with E-state index in [0.717, 1.165) is 0 Å². The summed E-state index contributed by atoms with van der Waals surface area (Å²) >= 11 is 0. The molecule has 1 aromatic rings. The average Bonchev–Trinajstić information content (AvgIpc) is 2.14. The summed E-state index contributed by atoms with van der Waals surface area (Å²) in [7, 11) is 0. The number of nitrogens with zero attached hydrogens (tertiary/aromatic N) is 2. The summed E-state index contributed by atoms with van der Waals surface area (Å²) in [5, 5.41) is 14.7. The van der Waals surface area contributed by atoms with Crippen LogP contribution in [0.4, 0.5) is 0 Å². The largest absolute Gasteiger partial charge is 1.00 e. The number of hydrogen-bond acceptors (Lipinski definition) is 4. The van der Waals surface area contributed by atoms with Crippen LogP contribution < -0.4 is 51.4 Å². The Balaban J connectivity index is 0. The first-order chi connectivity index (χ1) is 4.20. The molecule has 0 aliphatic carbocycles. The van der Waals surface area contributed by atoms with Gasteiger partial charge in [-0.1, -0.05) is 0 Å². The summed E-state index contributed by atoms with van der Waals surface area (Å²) in [4.78, 5) is 10.0. The fourth-order valence-electron chi connectivity index (χ4n) is 0.383. The molecule has 5 nitrogen and oxygen atoms in total. The zero-order valence-electron chi connectivity index (χ0n) is 6.66. The van der Waals surface area contributed by atoms with Gasteiger partial charge in [0.15, 0.2) is 0 Å². The van der Waals surface area contributed by atoms with E-state index < -0.39 is 5.97 Å². The third-order valence-electron chi connectivity index (χ3n) is 0.709. The number of aromatic nitrogens is 2. The molecule has 0 radical (unpaired) electrons. The second-order valence-electron chi connectivity index (χ2n) is 1.43. The van der Waals surface area contributed by atoms with Gasteiger partial charge in [0.25, 0.3) is 0 Å². The van der Waals surface area contributed by atoms with E-state index in [0.29, 0.717) is 0 Å². The van der Waals surface area contributed by atoms with Crippen molar-refractivity contribution in [2.45, 2.75) is 6.92 Å². The molecule has 1 aromatic heterocycles. The number of carboxylic acids is 1. The average molecular weight is 168 g/mol. The first-order valence-electron chi connectivity index (χ1n) is 2.23. The smallest absolute Gasteiger partial charge is 1.00 e. The van der Waals surface area contributed by atoms with E-state index in [2.05, 4.69) is 14.6 Å². The van der Waals surface area contributed by atoms with Crippen LogP contribution in [0.15, 0.2) is 4.42 Å². The van der Waals surface area contributed by atoms with E-state index in [4.69, 9.17) is 5.11 Å². The number of aryl methyl sites for hydroxylation is 1. The Kier molecular flexibility index (Phi) is 4.30. The van der Waals surface area contributed by atoms with E-state index in [-0.39, 0.29) is 64.6 Å². The zero-order chi connectivity index (χ0) is 6.85. The van der Waals surface area contributed by atoms with Crippen molar-refractivity contribution in [2.75, 3.05) is 0 Å². The molecule has 0 unspecified atom stereocenters. The van der Waals surface area contributed by atoms with Gasteiger partial charge in [-0.3, -0.25) is 0 Å². The van der Waals surface area contributed by atoms with Gasteiger partial charge < -0.3 is 11.0 Å². The predicted octanol–water partition coefficient (Wildman–Crippen LogP) is -2.81. The van der Waals surface area contributed by atoms with Crippen LogP contribution in [-0.2, 0) is 0 Å². The van der Waals surface area contributed by atoms with Crippen LogP contribution >= 0.6 is 0 Å². The second-order valence-corrected chi connectivity index (χ2v) is 1.43. The first-order valence-corrected chi connectivity index (χ1v) is 2.23. The van der Waals surface area contributed by atoms with Crippen LogP contribution in [0.3, 0.4) is 0 Å². The number of carbonyl (C=O) groups is 1. The van der Waals surface area contributed by atoms with Crippen molar-refractivity contribution in [3.05, 3.63) is 11.8 Å². The van der Waals surface area contributed by atoms with Gasteiger partial charge in [0.2, 0.25) is 5.89 Å². The molecule has 0 saturated carbocycles. The number of aromatic carboxylic acids is 1. The molecule has 0 aliphatic rings. The first kappa shape index (κ1) is 10.2. The summed E-state index contributed by atoms with van der Waals surface area (Å²) < 4.78 is 4.52. The van der Waals surface area contributed by atoms with Crippen LogP contribution in [0.1, 0.15) is 18.0 Å². The quantitative estimate of drug-likeness (QED) is 0.458. The maximum atomic E-state index is 10.0. The Hall–Kier alpha value is 0.246. The van der Waals surface area contributed by atoms with Crippen molar-refractivity contribution in [3.63, 3.8) is 0 Å². The van der Waals surface area contributed by atoms with E-state index in [9.17, 15) is 4.79 Å². The predicted molar refractivity (Wildman–Crippen MR) is 27.1 cm³/mol. The van der Waals surface area contributed by atoms with E-state index in [1.54, 1.807) is 0 Å². The van der Waals surface area contributed by atoms with Crippen LogP contribution in [0.5, 0.6) is 0 Å². The Morgan fingerprint density at radius 1 is 1.70 bits per heavy atom. The normalized spacial score (nSPS) is 8.50. The second kappa shape index (κ2) is 4.19. The molecule has 0 spiro atoms. The van der Waals surface area contributed by atoms with Crippen LogP contribution in [0.2, 0.25) is 0 Å². The molecule has 0 atom stereocenters. The third-order valence-corrected chi connectivity index (χ3v) is 0.709. The minimum atomic E-state index is -1.20. The summed E-state index contributed by atoms with van der Waals surface area (Å²) in [5.41, 5.74) is 0. The van der Waals surface area contributed by atoms with E-state index in [1.807, 2.05) is 0 Å². The van der Waals surface area contributed by atoms with E-state index >= 15 is 0 Å². The van der Waals surface area contributed by atoms with Gasteiger partial charge in [-0.15, -0.1) is 10.2 Å². The summed E-state index contributed by atoms with van der Waals surface area (Å²) in [5.74, 6) is -1.31. The van der Waals surface area contributed by atoms with Crippen molar-refractivity contribution in [1.82, 2.24) is 10.2 Å².